The minimum Gasteiger partial charge on any atom is -0.395 e. The van der Waals surface area contributed by atoms with E-state index in [0.717, 1.165) is 26.2 Å². The summed E-state index contributed by atoms with van der Waals surface area (Å²) in [5, 5.41) is 9.11. The quantitative estimate of drug-likeness (QED) is 0.729. The van der Waals surface area contributed by atoms with E-state index in [2.05, 4.69) is 52.4 Å². The summed E-state index contributed by atoms with van der Waals surface area (Å²) >= 11 is 0. The molecule has 0 unspecified atom stereocenters. The molecule has 21 heavy (non-hydrogen) atoms. The molecule has 0 fully saturated rings. The predicted molar refractivity (Wildman–Crippen MR) is 87.3 cm³/mol. The SMILES string of the molecule is CCN(CC)c1nc(N(C)CCO)nc(N(CC)CC)n1. The molecule has 0 aliphatic heterocycles. The maximum atomic E-state index is 9.11. The largest absolute Gasteiger partial charge is 0.395 e. The highest BCUT2D eigenvalue weighted by Crippen LogP contribution is 2.18. The van der Waals surface area contributed by atoms with Gasteiger partial charge in [0.15, 0.2) is 0 Å². The molecule has 120 valence electrons. The van der Waals surface area contributed by atoms with Crippen LogP contribution in [0.25, 0.3) is 0 Å². The molecule has 0 atom stereocenters. The van der Waals surface area contributed by atoms with Crippen molar-refractivity contribution in [3.63, 3.8) is 0 Å². The predicted octanol–water partition coefficient (Wildman–Crippen LogP) is 0.992. The number of aliphatic hydroxyl groups is 1. The summed E-state index contributed by atoms with van der Waals surface area (Å²) < 4.78 is 0. The Labute approximate surface area is 127 Å². The first kappa shape index (κ1) is 17.4. The van der Waals surface area contributed by atoms with Gasteiger partial charge in [-0.3, -0.25) is 0 Å². The second-order valence-electron chi connectivity index (χ2n) is 4.73. The maximum Gasteiger partial charge on any atom is 0.231 e. The lowest BCUT2D eigenvalue weighted by molar-refractivity contribution is 0.303. The molecular weight excluding hydrogens is 268 g/mol. The van der Waals surface area contributed by atoms with Crippen molar-refractivity contribution in [2.45, 2.75) is 27.7 Å². The highest BCUT2D eigenvalue weighted by molar-refractivity contribution is 5.46. The Morgan fingerprint density at radius 2 is 1.14 bits per heavy atom. The van der Waals surface area contributed by atoms with Crippen LogP contribution >= 0.6 is 0 Å². The molecule has 0 aromatic carbocycles. The highest BCUT2D eigenvalue weighted by atomic mass is 16.3. The number of hydrogen-bond acceptors (Lipinski definition) is 7. The molecule has 1 N–H and O–H groups in total. The van der Waals surface area contributed by atoms with Crippen LogP contribution < -0.4 is 14.7 Å². The lowest BCUT2D eigenvalue weighted by atomic mass is 10.5. The van der Waals surface area contributed by atoms with Gasteiger partial charge >= 0.3 is 0 Å². The number of hydrogen-bond donors (Lipinski definition) is 1. The van der Waals surface area contributed by atoms with Gasteiger partial charge in [-0.1, -0.05) is 0 Å². The van der Waals surface area contributed by atoms with Gasteiger partial charge in [0.2, 0.25) is 17.8 Å². The van der Waals surface area contributed by atoms with Crippen LogP contribution in [-0.4, -0.2) is 66.4 Å². The van der Waals surface area contributed by atoms with Crippen molar-refractivity contribution in [1.82, 2.24) is 15.0 Å². The third kappa shape index (κ3) is 4.42. The van der Waals surface area contributed by atoms with E-state index in [-0.39, 0.29) is 6.61 Å². The monoisotopic (exact) mass is 296 g/mol. The molecule has 0 bridgehead atoms. The van der Waals surface area contributed by atoms with E-state index in [1.165, 1.54) is 0 Å². The molecule has 0 aliphatic carbocycles. The van der Waals surface area contributed by atoms with E-state index in [9.17, 15) is 0 Å². The van der Waals surface area contributed by atoms with Crippen molar-refractivity contribution in [3.8, 4) is 0 Å². The third-order valence-corrected chi connectivity index (χ3v) is 3.47. The van der Waals surface area contributed by atoms with E-state index < -0.39 is 0 Å². The molecule has 0 saturated carbocycles. The summed E-state index contributed by atoms with van der Waals surface area (Å²) in [4.78, 5) is 19.7. The van der Waals surface area contributed by atoms with Gasteiger partial charge in [0.25, 0.3) is 0 Å². The van der Waals surface area contributed by atoms with Gasteiger partial charge in [-0.25, -0.2) is 0 Å². The Balaban J connectivity index is 3.24. The van der Waals surface area contributed by atoms with Crippen LogP contribution in [0.1, 0.15) is 27.7 Å². The van der Waals surface area contributed by atoms with Crippen molar-refractivity contribution < 1.29 is 5.11 Å². The Kier molecular flexibility index (Phi) is 7.14. The zero-order chi connectivity index (χ0) is 15.8. The second kappa shape index (κ2) is 8.61. The van der Waals surface area contributed by atoms with Crippen molar-refractivity contribution in [2.75, 3.05) is 61.1 Å². The minimum absolute atomic E-state index is 0.0728. The molecule has 0 saturated heterocycles. The molecule has 1 aromatic heterocycles. The smallest absolute Gasteiger partial charge is 0.231 e. The van der Waals surface area contributed by atoms with Crippen LogP contribution in [0.4, 0.5) is 17.8 Å². The van der Waals surface area contributed by atoms with Crippen LogP contribution in [0.5, 0.6) is 0 Å². The average Bonchev–Trinajstić information content (AvgIpc) is 2.50. The van der Waals surface area contributed by atoms with Crippen LogP contribution in [0.3, 0.4) is 0 Å². The summed E-state index contributed by atoms with van der Waals surface area (Å²) in [5.74, 6) is 1.98. The van der Waals surface area contributed by atoms with Gasteiger partial charge < -0.3 is 19.8 Å². The Morgan fingerprint density at radius 1 is 0.762 bits per heavy atom. The van der Waals surface area contributed by atoms with Gasteiger partial charge in [0, 0.05) is 39.8 Å². The van der Waals surface area contributed by atoms with E-state index in [0.29, 0.717) is 24.4 Å². The molecule has 0 radical (unpaired) electrons. The molecular formula is C14H28N6O. The molecule has 7 heteroatoms. The lowest BCUT2D eigenvalue weighted by Gasteiger charge is -2.25. The minimum atomic E-state index is 0.0728. The highest BCUT2D eigenvalue weighted by Gasteiger charge is 2.16. The summed E-state index contributed by atoms with van der Waals surface area (Å²) in [6.45, 7) is 12.3. The zero-order valence-electron chi connectivity index (χ0n) is 13.9. The van der Waals surface area contributed by atoms with Crippen molar-refractivity contribution in [1.29, 1.82) is 0 Å². The Bertz CT molecular complexity index is 390. The Hall–Kier alpha value is -1.63. The van der Waals surface area contributed by atoms with Crippen LogP contribution in [0.15, 0.2) is 0 Å². The molecule has 7 nitrogen and oxygen atoms in total. The number of likely N-dealkylation sites (N-methyl/N-ethyl adjacent to an activating group) is 1. The first-order valence-electron chi connectivity index (χ1n) is 7.69. The van der Waals surface area contributed by atoms with Gasteiger partial charge in [-0.2, -0.15) is 15.0 Å². The fraction of sp³-hybridized carbons (Fsp3) is 0.786. The first-order chi connectivity index (χ1) is 10.1. The molecule has 0 amide bonds. The van der Waals surface area contributed by atoms with Crippen molar-refractivity contribution in [3.05, 3.63) is 0 Å². The van der Waals surface area contributed by atoms with Gasteiger partial charge in [-0.05, 0) is 27.7 Å². The molecule has 0 aliphatic rings. The van der Waals surface area contributed by atoms with Crippen LogP contribution in [-0.2, 0) is 0 Å². The number of rotatable bonds is 9. The number of nitrogens with zero attached hydrogens (tertiary/aromatic N) is 6. The summed E-state index contributed by atoms with van der Waals surface area (Å²) in [6, 6.07) is 0. The topological polar surface area (TPSA) is 68.6 Å². The second-order valence-corrected chi connectivity index (χ2v) is 4.73. The van der Waals surface area contributed by atoms with E-state index in [1.54, 1.807) is 0 Å². The van der Waals surface area contributed by atoms with E-state index >= 15 is 0 Å². The molecule has 1 heterocycles. The number of anilines is 3. The van der Waals surface area contributed by atoms with Crippen molar-refractivity contribution >= 4 is 17.8 Å². The molecule has 1 aromatic rings. The van der Waals surface area contributed by atoms with Crippen LogP contribution in [0.2, 0.25) is 0 Å². The van der Waals surface area contributed by atoms with E-state index in [1.807, 2.05) is 11.9 Å². The Morgan fingerprint density at radius 3 is 1.48 bits per heavy atom. The zero-order valence-corrected chi connectivity index (χ0v) is 13.9. The average molecular weight is 296 g/mol. The standard InChI is InChI=1S/C14H28N6O/c1-6-19(7-2)13-15-12(18(5)10-11-21)16-14(17-13)20(8-3)9-4/h21H,6-11H2,1-5H3. The normalized spacial score (nSPS) is 10.6. The van der Waals surface area contributed by atoms with Gasteiger partial charge in [0.05, 0.1) is 6.61 Å². The number of aliphatic hydroxyl groups excluding tert-OH is 1. The van der Waals surface area contributed by atoms with Gasteiger partial charge in [-0.15, -0.1) is 0 Å². The van der Waals surface area contributed by atoms with Crippen molar-refractivity contribution in [2.24, 2.45) is 0 Å². The maximum absolute atomic E-state index is 9.11. The first-order valence-corrected chi connectivity index (χ1v) is 7.69. The summed E-state index contributed by atoms with van der Waals surface area (Å²) in [5.41, 5.74) is 0. The van der Waals surface area contributed by atoms with E-state index in [4.69, 9.17) is 5.11 Å². The van der Waals surface area contributed by atoms with Crippen LogP contribution in [0, 0.1) is 0 Å². The summed E-state index contributed by atoms with van der Waals surface area (Å²) in [7, 11) is 1.88. The molecule has 1 rings (SSSR count). The number of aromatic nitrogens is 3. The fourth-order valence-electron chi connectivity index (χ4n) is 2.06. The third-order valence-electron chi connectivity index (χ3n) is 3.47. The van der Waals surface area contributed by atoms with Gasteiger partial charge in [0.1, 0.15) is 0 Å². The molecule has 0 spiro atoms. The fourth-order valence-corrected chi connectivity index (χ4v) is 2.06. The summed E-state index contributed by atoms with van der Waals surface area (Å²) in [6.07, 6.45) is 0. The lowest BCUT2D eigenvalue weighted by Crippen LogP contribution is -2.31.